The molecule has 1 aliphatic heterocycles. The number of hydrogen-bond acceptors (Lipinski definition) is 4. The first kappa shape index (κ1) is 15.9. The van der Waals surface area contributed by atoms with Gasteiger partial charge in [-0.15, -0.1) is 0 Å². The predicted octanol–water partition coefficient (Wildman–Crippen LogP) is 1.03. The van der Waals surface area contributed by atoms with Crippen molar-refractivity contribution in [1.82, 2.24) is 19.8 Å². The van der Waals surface area contributed by atoms with Crippen LogP contribution in [0, 0.1) is 6.92 Å². The number of fused-ring (bicyclic) bond motifs is 1. The number of aromatic amines is 1. The molecule has 2 heterocycles. The first-order valence-corrected chi connectivity index (χ1v) is 9.44. The molecule has 1 aromatic carbocycles. The Morgan fingerprint density at radius 1 is 1.43 bits per heavy atom. The molecule has 124 valence electrons. The molecule has 23 heavy (non-hydrogen) atoms. The van der Waals surface area contributed by atoms with Crippen molar-refractivity contribution >= 4 is 26.8 Å². The highest BCUT2D eigenvalue weighted by molar-refractivity contribution is 7.88. The van der Waals surface area contributed by atoms with Crippen LogP contribution in [0.15, 0.2) is 18.2 Å². The maximum atomic E-state index is 12.8. The van der Waals surface area contributed by atoms with E-state index in [0.29, 0.717) is 18.8 Å². The number of aryl methyl sites for hydroxylation is 1. The average Bonchev–Trinajstić information content (AvgIpc) is 2.88. The van der Waals surface area contributed by atoms with Crippen LogP contribution in [0.1, 0.15) is 28.9 Å². The topological polar surface area (TPSA) is 95.2 Å². The number of aromatic nitrogens is 2. The van der Waals surface area contributed by atoms with Crippen molar-refractivity contribution in [2.24, 2.45) is 0 Å². The first-order valence-electron chi connectivity index (χ1n) is 7.55. The van der Waals surface area contributed by atoms with Crippen LogP contribution in [-0.4, -0.2) is 54.8 Å². The van der Waals surface area contributed by atoms with Crippen molar-refractivity contribution in [2.45, 2.75) is 25.8 Å². The maximum Gasteiger partial charge on any atom is 0.275 e. The molecule has 0 saturated carbocycles. The molecule has 1 amide bonds. The third-order valence-corrected chi connectivity index (χ3v) is 4.77. The van der Waals surface area contributed by atoms with Crippen LogP contribution < -0.4 is 4.72 Å². The van der Waals surface area contributed by atoms with Crippen molar-refractivity contribution in [3.8, 4) is 0 Å². The van der Waals surface area contributed by atoms with Crippen LogP contribution in [0.3, 0.4) is 0 Å². The SMILES string of the molecule is Cc1ccc2[nH]nc(C(=O)N3CCCC(NS(C)(=O)=O)C3)c2c1. The summed E-state index contributed by atoms with van der Waals surface area (Å²) >= 11 is 0. The Bertz CT molecular complexity index is 844. The summed E-state index contributed by atoms with van der Waals surface area (Å²) in [5.41, 5.74) is 2.27. The minimum atomic E-state index is -3.28. The van der Waals surface area contributed by atoms with Gasteiger partial charge < -0.3 is 4.90 Å². The zero-order chi connectivity index (χ0) is 16.6. The summed E-state index contributed by atoms with van der Waals surface area (Å²) in [6.07, 6.45) is 2.63. The van der Waals surface area contributed by atoms with E-state index in [9.17, 15) is 13.2 Å². The lowest BCUT2D eigenvalue weighted by Gasteiger charge is -2.32. The molecule has 1 fully saturated rings. The van der Waals surface area contributed by atoms with Gasteiger partial charge in [0.2, 0.25) is 10.0 Å². The van der Waals surface area contributed by atoms with Crippen molar-refractivity contribution < 1.29 is 13.2 Å². The Morgan fingerprint density at radius 3 is 2.96 bits per heavy atom. The molecule has 7 nitrogen and oxygen atoms in total. The van der Waals surface area contributed by atoms with Crippen LogP contribution in [0.5, 0.6) is 0 Å². The van der Waals surface area contributed by atoms with Gasteiger partial charge in [0.05, 0.1) is 11.8 Å². The predicted molar refractivity (Wildman–Crippen MR) is 87.7 cm³/mol. The highest BCUT2D eigenvalue weighted by Crippen LogP contribution is 2.21. The molecule has 0 bridgehead atoms. The summed E-state index contributed by atoms with van der Waals surface area (Å²) in [6, 6.07) is 5.55. The molecule has 2 aromatic rings. The lowest BCUT2D eigenvalue weighted by molar-refractivity contribution is 0.0699. The number of benzene rings is 1. The fourth-order valence-corrected chi connectivity index (χ4v) is 3.80. The van der Waals surface area contributed by atoms with Crippen LogP contribution in [0.25, 0.3) is 10.9 Å². The van der Waals surface area contributed by atoms with Gasteiger partial charge in [0.25, 0.3) is 5.91 Å². The van der Waals surface area contributed by atoms with E-state index in [1.807, 2.05) is 25.1 Å². The highest BCUT2D eigenvalue weighted by atomic mass is 32.2. The van der Waals surface area contributed by atoms with E-state index in [1.165, 1.54) is 0 Å². The molecule has 1 saturated heterocycles. The molecule has 8 heteroatoms. The Labute approximate surface area is 135 Å². The van der Waals surface area contributed by atoms with Gasteiger partial charge in [-0.3, -0.25) is 9.89 Å². The Morgan fingerprint density at radius 2 is 2.22 bits per heavy atom. The summed E-state index contributed by atoms with van der Waals surface area (Å²) in [6.45, 7) is 2.95. The van der Waals surface area contributed by atoms with Crippen molar-refractivity contribution in [2.75, 3.05) is 19.3 Å². The van der Waals surface area contributed by atoms with Crippen molar-refractivity contribution in [3.63, 3.8) is 0 Å². The first-order chi connectivity index (χ1) is 10.8. The third-order valence-electron chi connectivity index (χ3n) is 4.01. The number of sulfonamides is 1. The smallest absolute Gasteiger partial charge is 0.275 e. The minimum absolute atomic E-state index is 0.165. The fraction of sp³-hybridized carbons (Fsp3) is 0.467. The minimum Gasteiger partial charge on any atom is -0.336 e. The molecule has 0 spiro atoms. The van der Waals surface area contributed by atoms with E-state index < -0.39 is 10.0 Å². The number of amides is 1. The van der Waals surface area contributed by atoms with Gasteiger partial charge in [-0.2, -0.15) is 5.10 Å². The Kier molecular flexibility index (Phi) is 4.11. The van der Waals surface area contributed by atoms with E-state index in [1.54, 1.807) is 4.90 Å². The quantitative estimate of drug-likeness (QED) is 0.875. The molecule has 0 aliphatic carbocycles. The van der Waals surface area contributed by atoms with E-state index in [2.05, 4.69) is 14.9 Å². The number of nitrogens with one attached hydrogen (secondary N) is 2. The molecule has 0 radical (unpaired) electrons. The normalized spacial score (nSPS) is 19.2. The molecular weight excluding hydrogens is 316 g/mol. The average molecular weight is 336 g/mol. The second-order valence-electron chi connectivity index (χ2n) is 6.10. The number of piperidine rings is 1. The van der Waals surface area contributed by atoms with Gasteiger partial charge in [0.15, 0.2) is 5.69 Å². The van der Waals surface area contributed by atoms with Gasteiger partial charge in [-0.1, -0.05) is 11.6 Å². The van der Waals surface area contributed by atoms with Gasteiger partial charge in [0, 0.05) is 24.5 Å². The van der Waals surface area contributed by atoms with E-state index in [0.717, 1.165) is 35.6 Å². The zero-order valence-electron chi connectivity index (χ0n) is 13.2. The van der Waals surface area contributed by atoms with Crippen LogP contribution in [0.4, 0.5) is 0 Å². The third kappa shape index (κ3) is 3.53. The number of H-pyrrole nitrogens is 1. The Balaban J connectivity index is 1.82. The molecule has 1 aliphatic rings. The van der Waals surface area contributed by atoms with E-state index in [-0.39, 0.29) is 11.9 Å². The largest absolute Gasteiger partial charge is 0.336 e. The fourth-order valence-electron chi connectivity index (χ4n) is 3.00. The number of carbonyl (C=O) groups excluding carboxylic acids is 1. The van der Waals surface area contributed by atoms with Crippen LogP contribution in [0.2, 0.25) is 0 Å². The number of likely N-dealkylation sites (tertiary alicyclic amines) is 1. The van der Waals surface area contributed by atoms with Crippen LogP contribution in [-0.2, 0) is 10.0 Å². The molecular formula is C15H20N4O3S. The summed E-state index contributed by atoms with van der Waals surface area (Å²) in [4.78, 5) is 14.4. The van der Waals surface area contributed by atoms with Crippen molar-refractivity contribution in [1.29, 1.82) is 0 Å². The molecule has 3 rings (SSSR count). The van der Waals surface area contributed by atoms with E-state index in [4.69, 9.17) is 0 Å². The molecule has 1 unspecified atom stereocenters. The lowest BCUT2D eigenvalue weighted by atomic mass is 10.1. The summed E-state index contributed by atoms with van der Waals surface area (Å²) in [5, 5.41) is 7.83. The number of nitrogens with zero attached hydrogens (tertiary/aromatic N) is 2. The summed E-state index contributed by atoms with van der Waals surface area (Å²) in [5.74, 6) is -0.165. The second-order valence-corrected chi connectivity index (χ2v) is 7.88. The number of carbonyl (C=O) groups is 1. The summed E-state index contributed by atoms with van der Waals surface area (Å²) in [7, 11) is -3.28. The zero-order valence-corrected chi connectivity index (χ0v) is 14.0. The molecule has 1 aromatic heterocycles. The standard InChI is InChI=1S/C15H20N4O3S/c1-10-5-6-13-12(8-10)14(17-16-13)15(20)19-7-3-4-11(9-19)18-23(2,21)22/h5-6,8,11,18H,3-4,7,9H2,1-2H3,(H,16,17). The van der Waals surface area contributed by atoms with E-state index >= 15 is 0 Å². The monoisotopic (exact) mass is 336 g/mol. The van der Waals surface area contributed by atoms with Gasteiger partial charge in [0.1, 0.15) is 0 Å². The van der Waals surface area contributed by atoms with Gasteiger partial charge >= 0.3 is 0 Å². The highest BCUT2D eigenvalue weighted by Gasteiger charge is 2.28. The summed E-state index contributed by atoms with van der Waals surface area (Å²) < 4.78 is 25.4. The van der Waals surface area contributed by atoms with Crippen molar-refractivity contribution in [3.05, 3.63) is 29.5 Å². The van der Waals surface area contributed by atoms with Crippen LogP contribution >= 0.6 is 0 Å². The Hall–Kier alpha value is -1.93. The second kappa shape index (κ2) is 5.93. The maximum absolute atomic E-state index is 12.8. The molecule has 2 N–H and O–H groups in total. The number of hydrogen-bond donors (Lipinski definition) is 2. The van der Waals surface area contributed by atoms with Gasteiger partial charge in [-0.25, -0.2) is 13.1 Å². The van der Waals surface area contributed by atoms with Gasteiger partial charge in [-0.05, 0) is 31.9 Å². The molecule has 1 atom stereocenters. The number of rotatable bonds is 3. The lowest BCUT2D eigenvalue weighted by Crippen LogP contribution is -2.49.